The van der Waals surface area contributed by atoms with Gasteiger partial charge in [0.25, 0.3) is 0 Å². The number of hydrogen-bond acceptors (Lipinski definition) is 3. The Morgan fingerprint density at radius 3 is 2.14 bits per heavy atom. The van der Waals surface area contributed by atoms with Gasteiger partial charge in [-0.3, -0.25) is 0 Å². The van der Waals surface area contributed by atoms with Crippen LogP contribution in [-0.2, 0) is 9.84 Å². The van der Waals surface area contributed by atoms with Gasteiger partial charge in [0.2, 0.25) is 0 Å². The zero-order valence-electron chi connectivity index (χ0n) is 9.71. The molecule has 0 heterocycles. The van der Waals surface area contributed by atoms with Gasteiger partial charge in [-0.2, -0.15) is 0 Å². The Morgan fingerprint density at radius 2 is 1.79 bits per heavy atom. The highest BCUT2D eigenvalue weighted by molar-refractivity contribution is 7.91. The molecule has 0 aromatic rings. The maximum Gasteiger partial charge on any atom is 0.151 e. The lowest BCUT2D eigenvalue weighted by atomic mass is 9.94. The van der Waals surface area contributed by atoms with E-state index >= 15 is 0 Å². The molecule has 1 atom stereocenters. The van der Waals surface area contributed by atoms with Crippen molar-refractivity contribution < 1.29 is 8.42 Å². The lowest BCUT2D eigenvalue weighted by Crippen LogP contribution is -2.30. The van der Waals surface area contributed by atoms with E-state index < -0.39 is 9.84 Å². The standard InChI is InChI=1S/C10H23NO2S/c1-5-9(11)8-14(12,13)7-6-10(2,3)4/h9H,5-8,11H2,1-4H3. The zero-order valence-corrected chi connectivity index (χ0v) is 10.5. The van der Waals surface area contributed by atoms with Crippen molar-refractivity contribution in [2.24, 2.45) is 11.1 Å². The van der Waals surface area contributed by atoms with Crippen molar-refractivity contribution in [3.05, 3.63) is 0 Å². The van der Waals surface area contributed by atoms with Crippen LogP contribution in [-0.4, -0.2) is 26.0 Å². The molecule has 0 aromatic heterocycles. The second kappa shape index (κ2) is 5.12. The van der Waals surface area contributed by atoms with Crippen molar-refractivity contribution in [3.63, 3.8) is 0 Å². The van der Waals surface area contributed by atoms with E-state index in [2.05, 4.69) is 0 Å². The van der Waals surface area contributed by atoms with Gasteiger partial charge < -0.3 is 5.73 Å². The van der Waals surface area contributed by atoms with Gasteiger partial charge in [-0.15, -0.1) is 0 Å². The van der Waals surface area contributed by atoms with Crippen molar-refractivity contribution in [2.75, 3.05) is 11.5 Å². The van der Waals surface area contributed by atoms with Crippen LogP contribution in [0.2, 0.25) is 0 Å². The first kappa shape index (κ1) is 13.9. The first-order valence-corrected chi connectivity index (χ1v) is 6.94. The highest BCUT2D eigenvalue weighted by atomic mass is 32.2. The molecule has 0 aliphatic carbocycles. The molecule has 0 saturated carbocycles. The van der Waals surface area contributed by atoms with E-state index in [1.807, 2.05) is 27.7 Å². The minimum absolute atomic E-state index is 0.0728. The Labute approximate surface area is 88.0 Å². The summed E-state index contributed by atoms with van der Waals surface area (Å²) in [5.41, 5.74) is 5.69. The van der Waals surface area contributed by atoms with Gasteiger partial charge in [-0.05, 0) is 18.3 Å². The van der Waals surface area contributed by atoms with Gasteiger partial charge in [0.15, 0.2) is 9.84 Å². The fourth-order valence-electron chi connectivity index (χ4n) is 0.989. The van der Waals surface area contributed by atoms with Crippen LogP contribution in [0.15, 0.2) is 0 Å². The molecule has 0 rings (SSSR count). The molecule has 0 aromatic carbocycles. The topological polar surface area (TPSA) is 60.2 Å². The van der Waals surface area contributed by atoms with Crippen LogP contribution in [0.4, 0.5) is 0 Å². The minimum atomic E-state index is -2.95. The van der Waals surface area contributed by atoms with Crippen LogP contribution < -0.4 is 5.73 Å². The fraction of sp³-hybridized carbons (Fsp3) is 1.00. The number of sulfone groups is 1. The summed E-state index contributed by atoms with van der Waals surface area (Å²) in [7, 11) is -2.95. The van der Waals surface area contributed by atoms with E-state index in [1.54, 1.807) is 0 Å². The molecule has 0 amide bonds. The van der Waals surface area contributed by atoms with Crippen LogP contribution in [0.3, 0.4) is 0 Å². The van der Waals surface area contributed by atoms with Crippen molar-refractivity contribution >= 4 is 9.84 Å². The second-order valence-electron chi connectivity index (χ2n) is 5.09. The molecule has 0 saturated heterocycles. The van der Waals surface area contributed by atoms with E-state index in [0.717, 1.165) is 6.42 Å². The summed E-state index contributed by atoms with van der Waals surface area (Å²) < 4.78 is 23.1. The zero-order chi connectivity index (χ0) is 11.4. The molecule has 86 valence electrons. The van der Waals surface area contributed by atoms with E-state index in [-0.39, 0.29) is 23.0 Å². The third kappa shape index (κ3) is 7.33. The lowest BCUT2D eigenvalue weighted by Gasteiger charge is -2.18. The summed E-state index contributed by atoms with van der Waals surface area (Å²) in [4.78, 5) is 0. The third-order valence-corrected chi connectivity index (χ3v) is 3.92. The Hall–Kier alpha value is -0.0900. The predicted octanol–water partition coefficient (Wildman–Crippen LogP) is 1.57. The average molecular weight is 221 g/mol. The summed E-state index contributed by atoms with van der Waals surface area (Å²) in [5.74, 6) is 0.379. The van der Waals surface area contributed by atoms with Gasteiger partial charge in [0.1, 0.15) is 0 Å². The van der Waals surface area contributed by atoms with E-state index in [4.69, 9.17) is 5.73 Å². The largest absolute Gasteiger partial charge is 0.327 e. The van der Waals surface area contributed by atoms with Gasteiger partial charge in [0, 0.05) is 6.04 Å². The summed E-state index contributed by atoms with van der Waals surface area (Å²) in [6, 6.07) is -0.208. The SMILES string of the molecule is CCC(N)CS(=O)(=O)CCC(C)(C)C. The maximum absolute atomic E-state index is 11.6. The molecule has 0 spiro atoms. The molecule has 0 radical (unpaired) electrons. The highest BCUT2D eigenvalue weighted by Crippen LogP contribution is 2.19. The van der Waals surface area contributed by atoms with Crippen molar-refractivity contribution in [2.45, 2.75) is 46.6 Å². The molecule has 0 fully saturated rings. The quantitative estimate of drug-likeness (QED) is 0.766. The van der Waals surface area contributed by atoms with Crippen LogP contribution in [0.1, 0.15) is 40.5 Å². The molecule has 14 heavy (non-hydrogen) atoms. The molecule has 4 heteroatoms. The van der Waals surface area contributed by atoms with Gasteiger partial charge in [-0.25, -0.2) is 8.42 Å². The molecular weight excluding hydrogens is 198 g/mol. The van der Waals surface area contributed by atoms with Crippen LogP contribution in [0.5, 0.6) is 0 Å². The molecule has 3 nitrogen and oxygen atoms in total. The second-order valence-corrected chi connectivity index (χ2v) is 7.32. The number of rotatable bonds is 5. The van der Waals surface area contributed by atoms with Gasteiger partial charge in [0.05, 0.1) is 11.5 Å². The minimum Gasteiger partial charge on any atom is -0.327 e. The monoisotopic (exact) mass is 221 g/mol. The van der Waals surface area contributed by atoms with Crippen LogP contribution in [0.25, 0.3) is 0 Å². The molecule has 0 aliphatic rings. The number of nitrogens with two attached hydrogens (primary N) is 1. The predicted molar refractivity (Wildman–Crippen MR) is 61.0 cm³/mol. The Morgan fingerprint density at radius 1 is 1.29 bits per heavy atom. The summed E-state index contributed by atoms with van der Waals surface area (Å²) in [6.07, 6.45) is 1.42. The highest BCUT2D eigenvalue weighted by Gasteiger charge is 2.19. The Kier molecular flexibility index (Phi) is 5.09. The molecular formula is C10H23NO2S. The van der Waals surface area contributed by atoms with Crippen LogP contribution in [0, 0.1) is 5.41 Å². The summed E-state index contributed by atoms with van der Waals surface area (Å²) in [6.45, 7) is 8.04. The smallest absolute Gasteiger partial charge is 0.151 e. The Bertz CT molecular complexity index is 252. The fourth-order valence-corrected chi connectivity index (χ4v) is 2.97. The van der Waals surface area contributed by atoms with Crippen molar-refractivity contribution in [1.82, 2.24) is 0 Å². The molecule has 0 aliphatic heterocycles. The molecule has 2 N–H and O–H groups in total. The van der Waals surface area contributed by atoms with E-state index in [0.29, 0.717) is 6.42 Å². The van der Waals surface area contributed by atoms with Gasteiger partial charge in [-0.1, -0.05) is 27.7 Å². The van der Waals surface area contributed by atoms with Crippen molar-refractivity contribution in [1.29, 1.82) is 0 Å². The van der Waals surface area contributed by atoms with E-state index in [9.17, 15) is 8.42 Å². The number of hydrogen-bond donors (Lipinski definition) is 1. The van der Waals surface area contributed by atoms with Gasteiger partial charge >= 0.3 is 0 Å². The van der Waals surface area contributed by atoms with Crippen molar-refractivity contribution in [3.8, 4) is 0 Å². The third-order valence-electron chi connectivity index (χ3n) is 2.16. The summed E-state index contributed by atoms with van der Waals surface area (Å²) in [5, 5.41) is 0. The maximum atomic E-state index is 11.6. The molecule has 1 unspecified atom stereocenters. The normalized spacial score (nSPS) is 15.5. The average Bonchev–Trinajstić information content (AvgIpc) is 1.99. The summed E-state index contributed by atoms with van der Waals surface area (Å²) >= 11 is 0. The lowest BCUT2D eigenvalue weighted by molar-refractivity contribution is 0.397. The first-order valence-electron chi connectivity index (χ1n) is 5.12. The van der Waals surface area contributed by atoms with E-state index in [1.165, 1.54) is 0 Å². The first-order chi connectivity index (χ1) is 6.16. The molecule has 0 bridgehead atoms. The van der Waals surface area contributed by atoms with Crippen LogP contribution >= 0.6 is 0 Å². The Balaban J connectivity index is 4.10.